The van der Waals surface area contributed by atoms with E-state index in [4.69, 9.17) is 39.5 Å². The van der Waals surface area contributed by atoms with Gasteiger partial charge in [-0.3, -0.25) is 20.5 Å². The van der Waals surface area contributed by atoms with E-state index in [9.17, 15) is 4.79 Å². The number of carbonyl (C=O) groups excluding carboxylic acids is 1. The zero-order valence-corrected chi connectivity index (χ0v) is 38.5. The first-order valence-electron chi connectivity index (χ1n) is 22.9. The number of fused-ring (bicyclic) bond motifs is 2. The van der Waals surface area contributed by atoms with E-state index in [1.165, 1.54) is 40.8 Å². The Labute approximate surface area is 371 Å². The minimum atomic E-state index is -0.790. The first-order valence-corrected chi connectivity index (χ1v) is 22.9. The molecule has 2 aromatic carbocycles. The smallest absolute Gasteiger partial charge is 0.307 e. The summed E-state index contributed by atoms with van der Waals surface area (Å²) >= 11 is 0. The van der Waals surface area contributed by atoms with Crippen LogP contribution in [0.3, 0.4) is 0 Å². The van der Waals surface area contributed by atoms with Crippen LogP contribution in [-0.4, -0.2) is 42.4 Å². The Balaban J connectivity index is 0.829. The lowest BCUT2D eigenvalue weighted by atomic mass is 9.72. The second-order valence-electron chi connectivity index (χ2n) is 20.2. The van der Waals surface area contributed by atoms with Crippen LogP contribution in [0.15, 0.2) is 45.7 Å². The first-order chi connectivity index (χ1) is 30.1. The number of esters is 1. The maximum absolute atomic E-state index is 13.2. The molecule has 1 fully saturated rings. The summed E-state index contributed by atoms with van der Waals surface area (Å²) < 4.78 is 17.5. The summed E-state index contributed by atoms with van der Waals surface area (Å²) in [7, 11) is 0. The Kier molecular flexibility index (Phi) is 11.2. The predicted molar refractivity (Wildman–Crippen MR) is 244 cm³/mol. The van der Waals surface area contributed by atoms with E-state index in [2.05, 4.69) is 70.9 Å². The van der Waals surface area contributed by atoms with Crippen molar-refractivity contribution in [3.63, 3.8) is 0 Å². The van der Waals surface area contributed by atoms with Crippen molar-refractivity contribution in [2.24, 2.45) is 16.6 Å². The van der Waals surface area contributed by atoms with Gasteiger partial charge in [-0.1, -0.05) is 44.9 Å². The van der Waals surface area contributed by atoms with E-state index in [-0.39, 0.29) is 23.2 Å². The monoisotopic (exact) mass is 847 g/mol. The third-order valence-corrected chi connectivity index (χ3v) is 13.9. The van der Waals surface area contributed by atoms with E-state index in [1.807, 2.05) is 38.4 Å². The highest BCUT2D eigenvalue weighted by molar-refractivity contribution is 5.71. The fourth-order valence-corrected chi connectivity index (χ4v) is 10.2. The third-order valence-electron chi connectivity index (χ3n) is 13.9. The molecule has 3 aliphatic carbocycles. The Morgan fingerprint density at radius 1 is 0.746 bits per heavy atom. The first kappa shape index (κ1) is 42.7. The summed E-state index contributed by atoms with van der Waals surface area (Å²) in [5, 5.41) is 8.80. The average Bonchev–Trinajstić information content (AvgIpc) is 3.73. The van der Waals surface area contributed by atoms with Crippen LogP contribution in [0.4, 0.5) is 0 Å². The second kappa shape index (κ2) is 16.5. The molecule has 1 saturated carbocycles. The van der Waals surface area contributed by atoms with Crippen molar-refractivity contribution in [3.8, 4) is 45.7 Å². The minimum absolute atomic E-state index is 0.210. The summed E-state index contributed by atoms with van der Waals surface area (Å²) in [5.41, 5.74) is 24.6. The highest BCUT2D eigenvalue weighted by Gasteiger charge is 2.36. The SMILES string of the molecule is CCc1ncc(-c2nc(-c3cc(C)c(CC(N)OC(=O)CCc4c(C)cc(-c5noc(-c6cnc(C7CC7)c7c6CCC(C)(C)C7)n5)cc4C)c(C)c3)no2)c2c1CC(C)(C)CC2. The summed E-state index contributed by atoms with van der Waals surface area (Å²) in [6.45, 7) is 19.7. The number of nitrogens with zero attached hydrogens (tertiary/aromatic N) is 6. The molecule has 0 amide bonds. The molecule has 11 heteroatoms. The normalized spacial score (nSPS) is 17.0. The van der Waals surface area contributed by atoms with Crippen LogP contribution in [0.1, 0.15) is 140 Å². The van der Waals surface area contributed by atoms with Gasteiger partial charge < -0.3 is 13.8 Å². The Bertz CT molecular complexity index is 2690. The quantitative estimate of drug-likeness (QED) is 0.0923. The molecule has 9 rings (SSSR count). The highest BCUT2D eigenvalue weighted by Crippen LogP contribution is 2.47. The topological polar surface area (TPSA) is 156 Å². The molecule has 0 bridgehead atoms. The molecule has 0 aliphatic heterocycles. The number of aryl methyl sites for hydroxylation is 5. The van der Waals surface area contributed by atoms with Crippen molar-refractivity contribution in [3.05, 3.63) is 104 Å². The van der Waals surface area contributed by atoms with Crippen LogP contribution in [0.5, 0.6) is 0 Å². The Morgan fingerprint density at radius 2 is 1.25 bits per heavy atom. The fraction of sp³-hybridized carbons (Fsp3) is 0.481. The van der Waals surface area contributed by atoms with E-state index >= 15 is 0 Å². The predicted octanol–water partition coefficient (Wildman–Crippen LogP) is 10.6. The zero-order chi connectivity index (χ0) is 44.4. The summed E-state index contributed by atoms with van der Waals surface area (Å²) in [6.07, 6.45) is 13.7. The van der Waals surface area contributed by atoms with Gasteiger partial charge in [-0.25, -0.2) is 0 Å². The number of aromatic nitrogens is 6. The molecule has 0 spiro atoms. The number of hydrogen-bond acceptors (Lipinski definition) is 11. The van der Waals surface area contributed by atoms with Gasteiger partial charge in [-0.05, 0) is 183 Å². The van der Waals surface area contributed by atoms with Crippen LogP contribution in [-0.2, 0) is 54.5 Å². The van der Waals surface area contributed by atoms with Crippen LogP contribution >= 0.6 is 0 Å². The van der Waals surface area contributed by atoms with Crippen LogP contribution in [0.25, 0.3) is 45.7 Å². The van der Waals surface area contributed by atoms with Crippen molar-refractivity contribution in [1.29, 1.82) is 0 Å². The van der Waals surface area contributed by atoms with E-state index in [1.54, 1.807) is 0 Å². The summed E-state index contributed by atoms with van der Waals surface area (Å²) in [5.74, 6) is 2.34. The molecule has 1 unspecified atom stereocenters. The van der Waals surface area contributed by atoms with Crippen molar-refractivity contribution in [2.45, 2.75) is 152 Å². The molecule has 328 valence electrons. The van der Waals surface area contributed by atoms with Crippen LogP contribution in [0, 0.1) is 38.5 Å². The van der Waals surface area contributed by atoms with Gasteiger partial charge in [0, 0.05) is 53.7 Å². The lowest BCUT2D eigenvalue weighted by Gasteiger charge is -2.33. The van der Waals surface area contributed by atoms with Gasteiger partial charge >= 0.3 is 5.97 Å². The van der Waals surface area contributed by atoms with E-state index in [0.717, 1.165) is 106 Å². The molecule has 4 aromatic heterocycles. The Morgan fingerprint density at radius 3 is 1.79 bits per heavy atom. The number of pyridine rings is 2. The molecular weight excluding hydrogens is 787 g/mol. The molecule has 6 aromatic rings. The maximum atomic E-state index is 13.2. The number of rotatable bonds is 12. The van der Waals surface area contributed by atoms with Gasteiger partial charge in [0.05, 0.1) is 11.1 Å². The molecule has 11 nitrogen and oxygen atoms in total. The minimum Gasteiger partial charge on any atom is -0.446 e. The van der Waals surface area contributed by atoms with Gasteiger partial charge in [-0.15, -0.1) is 0 Å². The van der Waals surface area contributed by atoms with Crippen molar-refractivity contribution < 1.29 is 18.6 Å². The van der Waals surface area contributed by atoms with Gasteiger partial charge in [0.2, 0.25) is 11.6 Å². The number of hydrogen-bond donors (Lipinski definition) is 1. The maximum Gasteiger partial charge on any atom is 0.307 e. The molecule has 4 heterocycles. The van der Waals surface area contributed by atoms with Crippen LogP contribution in [0.2, 0.25) is 0 Å². The Hall–Kier alpha value is -5.55. The largest absolute Gasteiger partial charge is 0.446 e. The third kappa shape index (κ3) is 8.73. The van der Waals surface area contributed by atoms with E-state index in [0.29, 0.717) is 42.2 Å². The second-order valence-corrected chi connectivity index (χ2v) is 20.2. The van der Waals surface area contributed by atoms with Gasteiger partial charge in [0.1, 0.15) is 0 Å². The highest BCUT2D eigenvalue weighted by atomic mass is 16.6. The number of carbonyl (C=O) groups is 1. The summed E-state index contributed by atoms with van der Waals surface area (Å²) in [4.78, 5) is 32.7. The molecule has 0 saturated heterocycles. The van der Waals surface area contributed by atoms with E-state index < -0.39 is 6.23 Å². The lowest BCUT2D eigenvalue weighted by molar-refractivity contribution is -0.148. The van der Waals surface area contributed by atoms with Crippen molar-refractivity contribution in [1.82, 2.24) is 30.2 Å². The van der Waals surface area contributed by atoms with Gasteiger partial charge in [0.15, 0.2) is 6.23 Å². The van der Waals surface area contributed by atoms with Crippen molar-refractivity contribution in [2.75, 3.05) is 0 Å². The molecule has 63 heavy (non-hydrogen) atoms. The number of nitrogens with two attached hydrogens (primary N) is 1. The molecule has 1 atom stereocenters. The van der Waals surface area contributed by atoms with Crippen molar-refractivity contribution >= 4 is 5.97 Å². The molecule has 2 N–H and O–H groups in total. The average molecular weight is 848 g/mol. The number of ether oxygens (including phenoxy) is 1. The zero-order valence-electron chi connectivity index (χ0n) is 38.5. The molecular formula is C52H61N7O4. The lowest BCUT2D eigenvalue weighted by Crippen LogP contribution is -2.30. The molecule has 0 radical (unpaired) electrons. The van der Waals surface area contributed by atoms with Gasteiger partial charge in [-0.2, -0.15) is 9.97 Å². The fourth-order valence-electron chi connectivity index (χ4n) is 10.2. The summed E-state index contributed by atoms with van der Waals surface area (Å²) in [6, 6.07) is 8.23. The standard InChI is InChI=1S/C52H61N7O4/c1-10-43-39-24-51(6,7)17-15-36(39)41(26-54-43)49-56-48(59-62-49)34-21-30(4)38(31(5)22-34)23-44(53)61-45(60)14-13-35-28(2)19-33(20-29(35)3)47-57-50(63-58-47)42-27-55-46(32-11-12-32)40-25-52(8,9)18-16-37(40)42/h19-22,26-27,32,44H,10-18,23-25,53H2,1-9H3. The molecule has 3 aliphatic rings. The van der Waals surface area contributed by atoms with Crippen LogP contribution < -0.4 is 5.73 Å². The van der Waals surface area contributed by atoms with Gasteiger partial charge in [0.25, 0.3) is 11.8 Å². The number of benzene rings is 2.